The molecule has 19 heavy (non-hydrogen) atoms. The number of nitrogen functional groups attached to an aromatic ring is 1. The summed E-state index contributed by atoms with van der Waals surface area (Å²) < 4.78 is 36.6. The van der Waals surface area contributed by atoms with Crippen LogP contribution in [0.5, 0.6) is 0 Å². The highest BCUT2D eigenvalue weighted by Crippen LogP contribution is 2.23. The smallest absolute Gasteiger partial charge is 0.397 e. The minimum absolute atomic E-state index is 0.134. The van der Waals surface area contributed by atoms with Crippen LogP contribution in [0.15, 0.2) is 18.2 Å². The van der Waals surface area contributed by atoms with Gasteiger partial charge >= 0.3 is 6.18 Å². The number of amides is 1. The van der Waals surface area contributed by atoms with Gasteiger partial charge in [-0.25, -0.2) is 0 Å². The Morgan fingerprint density at radius 1 is 1.26 bits per heavy atom. The van der Waals surface area contributed by atoms with Crippen LogP contribution in [0, 0.1) is 0 Å². The van der Waals surface area contributed by atoms with Gasteiger partial charge in [0, 0.05) is 26.7 Å². The second kappa shape index (κ2) is 5.38. The van der Waals surface area contributed by atoms with Crippen LogP contribution in [0.25, 0.3) is 0 Å². The van der Waals surface area contributed by atoms with Crippen molar-refractivity contribution in [2.24, 2.45) is 0 Å². The number of alkyl halides is 3. The number of hydrogen-bond acceptors (Lipinski definition) is 3. The number of rotatable bonds is 3. The first kappa shape index (κ1) is 15.1. The number of anilines is 2. The van der Waals surface area contributed by atoms with E-state index in [0.717, 1.165) is 7.05 Å². The highest BCUT2D eigenvalue weighted by Gasteiger charge is 2.31. The van der Waals surface area contributed by atoms with Crippen LogP contribution in [-0.4, -0.2) is 44.7 Å². The zero-order chi connectivity index (χ0) is 14.8. The zero-order valence-electron chi connectivity index (χ0n) is 11.0. The molecule has 1 aromatic carbocycles. The summed E-state index contributed by atoms with van der Waals surface area (Å²) in [7, 11) is 4.66. The van der Waals surface area contributed by atoms with Crippen LogP contribution in [0.4, 0.5) is 24.5 Å². The van der Waals surface area contributed by atoms with Crippen LogP contribution in [0.1, 0.15) is 10.4 Å². The maximum Gasteiger partial charge on any atom is 0.406 e. The fraction of sp³-hybridized carbons (Fsp3) is 0.417. The summed E-state index contributed by atoms with van der Waals surface area (Å²) in [5.74, 6) is -0.714. The van der Waals surface area contributed by atoms with E-state index in [2.05, 4.69) is 0 Å². The summed E-state index contributed by atoms with van der Waals surface area (Å²) in [5, 5.41) is 0. The van der Waals surface area contributed by atoms with Crippen molar-refractivity contribution in [3.8, 4) is 0 Å². The molecule has 0 saturated carbocycles. The molecule has 0 aliphatic carbocycles. The number of benzene rings is 1. The molecule has 0 aliphatic heterocycles. The number of nitrogens with zero attached hydrogens (tertiary/aromatic N) is 2. The minimum Gasteiger partial charge on any atom is -0.397 e. The Hall–Kier alpha value is -1.92. The monoisotopic (exact) mass is 275 g/mol. The lowest BCUT2D eigenvalue weighted by Gasteiger charge is -2.20. The van der Waals surface area contributed by atoms with Crippen molar-refractivity contribution in [2.75, 3.05) is 38.3 Å². The molecule has 106 valence electrons. The lowest BCUT2D eigenvalue weighted by Crippen LogP contribution is -2.35. The van der Waals surface area contributed by atoms with Gasteiger partial charge < -0.3 is 15.5 Å². The zero-order valence-corrected chi connectivity index (χ0v) is 11.0. The highest BCUT2D eigenvalue weighted by atomic mass is 19.4. The van der Waals surface area contributed by atoms with E-state index in [4.69, 9.17) is 5.73 Å². The Morgan fingerprint density at radius 2 is 1.84 bits per heavy atom. The predicted molar refractivity (Wildman–Crippen MR) is 68.2 cm³/mol. The van der Waals surface area contributed by atoms with E-state index in [0.29, 0.717) is 16.3 Å². The van der Waals surface area contributed by atoms with Crippen molar-refractivity contribution in [2.45, 2.75) is 6.18 Å². The molecule has 0 atom stereocenters. The van der Waals surface area contributed by atoms with Gasteiger partial charge in [-0.1, -0.05) is 0 Å². The molecule has 1 aromatic rings. The van der Waals surface area contributed by atoms with Crippen LogP contribution in [-0.2, 0) is 0 Å². The molecule has 1 amide bonds. The van der Waals surface area contributed by atoms with Gasteiger partial charge in [0.15, 0.2) is 0 Å². The second-order valence-corrected chi connectivity index (χ2v) is 4.44. The van der Waals surface area contributed by atoms with Crippen molar-refractivity contribution in [3.63, 3.8) is 0 Å². The number of carbonyl (C=O) groups excluding carboxylic acids is 1. The number of hydrogen-bond donors (Lipinski definition) is 1. The van der Waals surface area contributed by atoms with Gasteiger partial charge in [-0.15, -0.1) is 0 Å². The maximum absolute atomic E-state index is 12.2. The molecule has 1 rings (SSSR count). The maximum atomic E-state index is 12.2. The number of carbonyl (C=O) groups is 1. The van der Waals surface area contributed by atoms with Gasteiger partial charge in [-0.2, -0.15) is 13.2 Å². The van der Waals surface area contributed by atoms with Gasteiger partial charge in [-0.05, 0) is 18.2 Å². The lowest BCUT2D eigenvalue weighted by molar-refractivity contribution is -0.138. The Labute approximate surface area is 109 Å². The fourth-order valence-electron chi connectivity index (χ4n) is 1.66. The summed E-state index contributed by atoms with van der Waals surface area (Å²) in [6.45, 7) is -1.29. The Kier molecular flexibility index (Phi) is 4.28. The van der Waals surface area contributed by atoms with Crippen molar-refractivity contribution in [3.05, 3.63) is 23.8 Å². The number of nitrogens with two attached hydrogens (primary N) is 1. The van der Waals surface area contributed by atoms with Crippen molar-refractivity contribution in [1.82, 2.24) is 4.90 Å². The second-order valence-electron chi connectivity index (χ2n) is 4.44. The summed E-state index contributed by atoms with van der Waals surface area (Å²) >= 11 is 0. The Morgan fingerprint density at radius 3 is 2.26 bits per heavy atom. The number of halogens is 3. The molecule has 0 radical (unpaired) electrons. The van der Waals surface area contributed by atoms with Crippen molar-refractivity contribution >= 4 is 17.3 Å². The van der Waals surface area contributed by atoms with Crippen molar-refractivity contribution < 1.29 is 18.0 Å². The van der Waals surface area contributed by atoms with E-state index in [1.54, 1.807) is 25.1 Å². The molecule has 0 heterocycles. The molecule has 0 unspecified atom stereocenters. The van der Waals surface area contributed by atoms with Gasteiger partial charge in [0.2, 0.25) is 0 Å². The fourth-order valence-corrected chi connectivity index (χ4v) is 1.66. The van der Waals surface area contributed by atoms with E-state index >= 15 is 0 Å². The predicted octanol–water partition coefficient (Wildman–Crippen LogP) is 1.97. The van der Waals surface area contributed by atoms with E-state index in [1.807, 2.05) is 0 Å². The third-order valence-corrected chi connectivity index (χ3v) is 2.52. The topological polar surface area (TPSA) is 49.6 Å². The molecule has 0 fully saturated rings. The lowest BCUT2D eigenvalue weighted by atomic mass is 10.1. The molecule has 0 saturated heterocycles. The Balaban J connectivity index is 2.92. The molecule has 0 aromatic heterocycles. The normalized spacial score (nSPS) is 11.3. The van der Waals surface area contributed by atoms with Gasteiger partial charge in [-0.3, -0.25) is 4.79 Å². The van der Waals surface area contributed by atoms with Gasteiger partial charge in [0.1, 0.15) is 6.54 Å². The van der Waals surface area contributed by atoms with Gasteiger partial charge in [0.05, 0.1) is 11.4 Å². The standard InChI is InChI=1S/C12H16F3N3O/c1-17(2)10-5-4-8(6-9(10)16)11(19)18(3)7-12(13,14)15/h4-6H,7,16H2,1-3H3. The molecule has 0 bridgehead atoms. The Bertz CT molecular complexity index is 472. The van der Waals surface area contributed by atoms with E-state index in [1.165, 1.54) is 12.1 Å². The molecule has 2 N–H and O–H groups in total. The third kappa shape index (κ3) is 4.04. The van der Waals surface area contributed by atoms with Crippen LogP contribution in [0.3, 0.4) is 0 Å². The van der Waals surface area contributed by atoms with E-state index in [-0.39, 0.29) is 5.56 Å². The molecule has 0 spiro atoms. The average Bonchev–Trinajstić information content (AvgIpc) is 2.24. The highest BCUT2D eigenvalue weighted by molar-refractivity contribution is 5.96. The minimum atomic E-state index is -4.42. The molecular weight excluding hydrogens is 259 g/mol. The first-order valence-corrected chi connectivity index (χ1v) is 5.51. The van der Waals surface area contributed by atoms with Crippen LogP contribution < -0.4 is 10.6 Å². The summed E-state index contributed by atoms with van der Waals surface area (Å²) in [5.41, 5.74) is 6.93. The van der Waals surface area contributed by atoms with E-state index < -0.39 is 18.6 Å². The van der Waals surface area contributed by atoms with Crippen molar-refractivity contribution in [1.29, 1.82) is 0 Å². The quantitative estimate of drug-likeness (QED) is 0.858. The van der Waals surface area contributed by atoms with E-state index in [9.17, 15) is 18.0 Å². The largest absolute Gasteiger partial charge is 0.406 e. The molecular formula is C12H16F3N3O. The van der Waals surface area contributed by atoms with Crippen LogP contribution >= 0.6 is 0 Å². The van der Waals surface area contributed by atoms with Gasteiger partial charge in [0.25, 0.3) is 5.91 Å². The summed E-state index contributed by atoms with van der Waals surface area (Å²) in [6.07, 6.45) is -4.42. The summed E-state index contributed by atoms with van der Waals surface area (Å²) in [4.78, 5) is 14.2. The molecule has 7 heteroatoms. The molecule has 4 nitrogen and oxygen atoms in total. The average molecular weight is 275 g/mol. The molecule has 0 aliphatic rings. The first-order chi connectivity index (χ1) is 8.61. The SMILES string of the molecule is CN(CC(F)(F)F)C(=O)c1ccc(N(C)C)c(N)c1. The van der Waals surface area contributed by atoms with Crippen LogP contribution in [0.2, 0.25) is 0 Å². The first-order valence-electron chi connectivity index (χ1n) is 5.51. The summed E-state index contributed by atoms with van der Waals surface area (Å²) in [6, 6.07) is 4.44. The third-order valence-electron chi connectivity index (χ3n) is 2.52.